The second-order valence-electron chi connectivity index (χ2n) is 7.88. The SMILES string of the molecule is CC(=O)c1ccc(-c2cc(Cl)c3c(c2)CC(CNC(=O)/C=C/c2csc4ccccc24)O3)s1. The maximum atomic E-state index is 12.4. The van der Waals surface area contributed by atoms with Gasteiger partial charge in [-0.3, -0.25) is 9.59 Å². The van der Waals surface area contributed by atoms with Crippen LogP contribution in [0.5, 0.6) is 5.75 Å². The molecule has 1 N–H and O–H groups in total. The van der Waals surface area contributed by atoms with E-state index in [0.29, 0.717) is 23.7 Å². The van der Waals surface area contributed by atoms with Crippen molar-refractivity contribution in [3.63, 3.8) is 0 Å². The number of hydrogen-bond acceptors (Lipinski definition) is 5. The lowest BCUT2D eigenvalue weighted by Crippen LogP contribution is -2.33. The van der Waals surface area contributed by atoms with Crippen molar-refractivity contribution in [2.45, 2.75) is 19.4 Å². The van der Waals surface area contributed by atoms with Gasteiger partial charge >= 0.3 is 0 Å². The first-order valence-electron chi connectivity index (χ1n) is 10.5. The van der Waals surface area contributed by atoms with Crippen LogP contribution in [0.1, 0.15) is 27.7 Å². The van der Waals surface area contributed by atoms with Crippen LogP contribution in [-0.2, 0) is 11.2 Å². The smallest absolute Gasteiger partial charge is 0.244 e. The quantitative estimate of drug-likeness (QED) is 0.242. The number of fused-ring (bicyclic) bond motifs is 2. The Bertz CT molecular complexity index is 1400. The molecule has 33 heavy (non-hydrogen) atoms. The third kappa shape index (κ3) is 4.60. The van der Waals surface area contributed by atoms with E-state index >= 15 is 0 Å². The summed E-state index contributed by atoms with van der Waals surface area (Å²) in [5.41, 5.74) is 3.02. The van der Waals surface area contributed by atoms with E-state index in [1.165, 1.54) is 16.0 Å². The molecule has 4 aromatic rings. The monoisotopic (exact) mass is 493 g/mol. The van der Waals surface area contributed by atoms with Gasteiger partial charge in [-0.2, -0.15) is 0 Å². The lowest BCUT2D eigenvalue weighted by Gasteiger charge is -2.11. The van der Waals surface area contributed by atoms with E-state index in [9.17, 15) is 9.59 Å². The van der Waals surface area contributed by atoms with Crippen molar-refractivity contribution in [2.75, 3.05) is 6.54 Å². The summed E-state index contributed by atoms with van der Waals surface area (Å²) in [7, 11) is 0. The summed E-state index contributed by atoms with van der Waals surface area (Å²) in [5, 5.41) is 6.67. The van der Waals surface area contributed by atoms with Crippen LogP contribution in [0.25, 0.3) is 26.6 Å². The zero-order chi connectivity index (χ0) is 22.9. The number of ketones is 1. The maximum absolute atomic E-state index is 12.4. The highest BCUT2D eigenvalue weighted by atomic mass is 35.5. The highest BCUT2D eigenvalue weighted by molar-refractivity contribution is 7.17. The minimum absolute atomic E-state index is 0.0545. The molecule has 2 aromatic carbocycles. The van der Waals surface area contributed by atoms with E-state index in [0.717, 1.165) is 31.8 Å². The van der Waals surface area contributed by atoms with Gasteiger partial charge in [0.15, 0.2) is 5.78 Å². The Morgan fingerprint density at radius 3 is 2.88 bits per heavy atom. The summed E-state index contributed by atoms with van der Waals surface area (Å²) >= 11 is 9.61. The molecule has 0 radical (unpaired) electrons. The van der Waals surface area contributed by atoms with Crippen molar-refractivity contribution < 1.29 is 14.3 Å². The fourth-order valence-corrected chi connectivity index (χ4v) is 5.99. The van der Waals surface area contributed by atoms with Gasteiger partial charge in [-0.1, -0.05) is 29.8 Å². The number of ether oxygens (including phenoxy) is 1. The van der Waals surface area contributed by atoms with Crippen molar-refractivity contribution in [3.05, 3.63) is 81.0 Å². The zero-order valence-corrected chi connectivity index (χ0v) is 20.2. The molecule has 0 aliphatic carbocycles. The molecular weight excluding hydrogens is 474 g/mol. The van der Waals surface area contributed by atoms with Crippen LogP contribution in [0.15, 0.2) is 60.0 Å². The number of rotatable bonds is 6. The summed E-state index contributed by atoms with van der Waals surface area (Å²) in [5.74, 6) is 0.564. The predicted octanol–water partition coefficient (Wildman–Crippen LogP) is 6.62. The maximum Gasteiger partial charge on any atom is 0.244 e. The Morgan fingerprint density at radius 1 is 1.21 bits per heavy atom. The topological polar surface area (TPSA) is 55.4 Å². The first-order valence-corrected chi connectivity index (χ1v) is 12.6. The predicted molar refractivity (Wildman–Crippen MR) is 137 cm³/mol. The van der Waals surface area contributed by atoms with Gasteiger partial charge in [0.1, 0.15) is 11.9 Å². The largest absolute Gasteiger partial charge is 0.486 e. The number of carbonyl (C=O) groups is 2. The molecule has 1 amide bonds. The summed E-state index contributed by atoms with van der Waals surface area (Å²) in [6.07, 6.45) is 3.89. The van der Waals surface area contributed by atoms with Crippen molar-refractivity contribution in [1.82, 2.24) is 5.32 Å². The van der Waals surface area contributed by atoms with Gasteiger partial charge in [-0.15, -0.1) is 22.7 Å². The molecule has 7 heteroatoms. The second-order valence-corrected chi connectivity index (χ2v) is 10.3. The van der Waals surface area contributed by atoms with Gasteiger partial charge in [-0.25, -0.2) is 0 Å². The molecule has 3 heterocycles. The first kappa shape index (κ1) is 21.9. The number of Topliss-reactive ketones (excluding diaryl/α,β-unsaturated/α-hetero) is 1. The van der Waals surface area contributed by atoms with Crippen molar-refractivity contribution >= 4 is 62.1 Å². The zero-order valence-electron chi connectivity index (χ0n) is 17.8. The Hall–Kier alpha value is -2.93. The van der Waals surface area contributed by atoms with Crippen LogP contribution in [-0.4, -0.2) is 24.3 Å². The molecule has 0 saturated heterocycles. The van der Waals surface area contributed by atoms with Gasteiger partial charge in [0.05, 0.1) is 16.4 Å². The molecule has 0 bridgehead atoms. The van der Waals surface area contributed by atoms with Crippen LogP contribution in [0.2, 0.25) is 5.02 Å². The first-order chi connectivity index (χ1) is 16.0. The second kappa shape index (κ2) is 9.14. The molecule has 0 saturated carbocycles. The van der Waals surface area contributed by atoms with E-state index in [2.05, 4.69) is 28.9 Å². The average molecular weight is 494 g/mol. The molecule has 1 aliphatic heterocycles. The van der Waals surface area contributed by atoms with Crippen LogP contribution < -0.4 is 10.1 Å². The molecule has 1 unspecified atom stereocenters. The van der Waals surface area contributed by atoms with Crippen LogP contribution >= 0.6 is 34.3 Å². The lowest BCUT2D eigenvalue weighted by molar-refractivity contribution is -0.116. The molecule has 4 nitrogen and oxygen atoms in total. The number of hydrogen-bond donors (Lipinski definition) is 1. The standard InChI is InChI=1S/C26H20ClNO3S2/c1-15(29)22-7-8-23(33-22)17-10-18-11-19(31-26(18)21(27)12-17)13-28-25(30)9-6-16-14-32-24-5-3-2-4-20(16)24/h2-10,12,14,19H,11,13H2,1H3,(H,28,30)/b9-6+. The van der Waals surface area contributed by atoms with E-state index < -0.39 is 0 Å². The summed E-state index contributed by atoms with van der Waals surface area (Å²) in [6, 6.07) is 15.8. The number of thiophene rings is 2. The average Bonchev–Trinajstić information content (AvgIpc) is 3.54. The molecule has 2 aromatic heterocycles. The van der Waals surface area contributed by atoms with E-state index in [-0.39, 0.29) is 17.8 Å². The summed E-state index contributed by atoms with van der Waals surface area (Å²) < 4.78 is 7.21. The Kier molecular flexibility index (Phi) is 6.06. The Morgan fingerprint density at radius 2 is 2.06 bits per heavy atom. The molecule has 166 valence electrons. The van der Waals surface area contributed by atoms with Gasteiger partial charge in [0.25, 0.3) is 0 Å². The number of carbonyl (C=O) groups excluding carboxylic acids is 2. The number of amides is 1. The van der Waals surface area contributed by atoms with E-state index in [1.54, 1.807) is 24.3 Å². The van der Waals surface area contributed by atoms with Gasteiger partial charge < -0.3 is 10.1 Å². The number of benzene rings is 2. The van der Waals surface area contributed by atoms with Crippen molar-refractivity contribution in [3.8, 4) is 16.2 Å². The molecule has 1 atom stereocenters. The Balaban J connectivity index is 1.22. The molecule has 0 spiro atoms. The minimum atomic E-state index is -0.178. The van der Waals surface area contributed by atoms with Gasteiger partial charge in [0, 0.05) is 27.6 Å². The number of halogens is 1. The normalized spacial score (nSPS) is 15.0. The summed E-state index contributed by atoms with van der Waals surface area (Å²) in [6.45, 7) is 1.96. The number of nitrogens with one attached hydrogen (secondary N) is 1. The van der Waals surface area contributed by atoms with Crippen molar-refractivity contribution in [1.29, 1.82) is 0 Å². The minimum Gasteiger partial charge on any atom is -0.486 e. The van der Waals surface area contributed by atoms with Crippen LogP contribution in [0.3, 0.4) is 0 Å². The van der Waals surface area contributed by atoms with Crippen LogP contribution in [0.4, 0.5) is 0 Å². The Labute approximate surface area is 204 Å². The van der Waals surface area contributed by atoms with Crippen LogP contribution in [0, 0.1) is 0 Å². The third-order valence-corrected chi connectivity index (χ3v) is 8.02. The lowest BCUT2D eigenvalue weighted by atomic mass is 10.1. The van der Waals surface area contributed by atoms with Gasteiger partial charge in [-0.05, 0) is 65.2 Å². The highest BCUT2D eigenvalue weighted by Crippen LogP contribution is 2.41. The van der Waals surface area contributed by atoms with Gasteiger partial charge in [0.2, 0.25) is 5.91 Å². The fourth-order valence-electron chi connectivity index (χ4n) is 3.89. The molecule has 1 aliphatic rings. The molecule has 0 fully saturated rings. The van der Waals surface area contributed by atoms with Crippen molar-refractivity contribution in [2.24, 2.45) is 0 Å². The third-order valence-electron chi connectivity index (χ3n) is 5.52. The molecular formula is C26H20ClNO3S2. The molecule has 5 rings (SSSR count). The van der Waals surface area contributed by atoms with E-state index in [1.807, 2.05) is 36.4 Å². The summed E-state index contributed by atoms with van der Waals surface area (Å²) in [4.78, 5) is 25.7. The highest BCUT2D eigenvalue weighted by Gasteiger charge is 2.26. The fraction of sp³-hybridized carbons (Fsp3) is 0.154. The van der Waals surface area contributed by atoms with E-state index in [4.69, 9.17) is 16.3 Å².